The van der Waals surface area contributed by atoms with Crippen LogP contribution >= 0.6 is 23.2 Å². The van der Waals surface area contributed by atoms with E-state index in [0.29, 0.717) is 27.2 Å². The minimum Gasteiger partial charge on any atom is -0.474 e. The van der Waals surface area contributed by atoms with Crippen LogP contribution in [0.15, 0.2) is 36.5 Å². The first-order chi connectivity index (χ1) is 13.0. The molecule has 6 nitrogen and oxygen atoms in total. The molecular weight excluding hydrogens is 387 g/mol. The molecule has 0 aliphatic heterocycles. The second-order valence-corrected chi connectivity index (χ2v) is 7.13. The van der Waals surface area contributed by atoms with Crippen molar-refractivity contribution in [3.63, 3.8) is 0 Å². The van der Waals surface area contributed by atoms with E-state index in [9.17, 15) is 4.79 Å². The minimum absolute atomic E-state index is 0.0571. The number of carbonyl (C=O) groups excluding carboxylic acids is 1. The van der Waals surface area contributed by atoms with Crippen LogP contribution in [0, 0.1) is 11.3 Å². The molecule has 27 heavy (non-hydrogen) atoms. The van der Waals surface area contributed by atoms with Gasteiger partial charge < -0.3 is 15.4 Å². The van der Waals surface area contributed by atoms with Crippen LogP contribution in [0.4, 0.5) is 10.5 Å². The second kappa shape index (κ2) is 8.94. The van der Waals surface area contributed by atoms with Gasteiger partial charge in [-0.1, -0.05) is 23.2 Å². The number of anilines is 1. The van der Waals surface area contributed by atoms with Crippen molar-refractivity contribution >= 4 is 34.9 Å². The molecule has 1 aromatic heterocycles. The number of benzene rings is 1. The summed E-state index contributed by atoms with van der Waals surface area (Å²) >= 11 is 11.8. The third-order valence-corrected chi connectivity index (χ3v) is 5.08. The highest BCUT2D eigenvalue weighted by Gasteiger charge is 2.24. The summed E-state index contributed by atoms with van der Waals surface area (Å²) < 4.78 is 5.85. The van der Waals surface area contributed by atoms with Crippen LogP contribution in [0.1, 0.15) is 31.2 Å². The fourth-order valence-corrected chi connectivity index (χ4v) is 3.24. The number of urea groups is 1. The molecule has 1 saturated carbocycles. The van der Waals surface area contributed by atoms with Crippen molar-refractivity contribution in [2.45, 2.75) is 37.8 Å². The van der Waals surface area contributed by atoms with Crippen molar-refractivity contribution in [1.82, 2.24) is 10.3 Å². The van der Waals surface area contributed by atoms with Crippen LogP contribution in [0.25, 0.3) is 0 Å². The fraction of sp³-hybridized carbons (Fsp3) is 0.316. The van der Waals surface area contributed by atoms with Gasteiger partial charge in [-0.2, -0.15) is 5.26 Å². The van der Waals surface area contributed by atoms with E-state index >= 15 is 0 Å². The van der Waals surface area contributed by atoms with E-state index < -0.39 is 0 Å². The van der Waals surface area contributed by atoms with Crippen LogP contribution in [0.5, 0.6) is 5.88 Å². The van der Waals surface area contributed by atoms with E-state index in [0.717, 1.165) is 25.7 Å². The molecule has 0 atom stereocenters. The van der Waals surface area contributed by atoms with Gasteiger partial charge >= 0.3 is 6.03 Å². The van der Waals surface area contributed by atoms with E-state index in [1.165, 1.54) is 6.20 Å². The van der Waals surface area contributed by atoms with E-state index in [4.69, 9.17) is 33.2 Å². The number of hydrogen-bond acceptors (Lipinski definition) is 4. The summed E-state index contributed by atoms with van der Waals surface area (Å²) in [4.78, 5) is 16.3. The van der Waals surface area contributed by atoms with Gasteiger partial charge in [-0.15, -0.1) is 0 Å². The molecular formula is C19H18Cl2N4O2. The first-order valence-electron chi connectivity index (χ1n) is 8.59. The molecule has 0 bridgehead atoms. The molecule has 1 aliphatic rings. The average Bonchev–Trinajstić information content (AvgIpc) is 2.67. The van der Waals surface area contributed by atoms with Gasteiger partial charge in [0.1, 0.15) is 12.2 Å². The van der Waals surface area contributed by atoms with Crippen molar-refractivity contribution in [3.8, 4) is 11.9 Å². The number of rotatable bonds is 4. The van der Waals surface area contributed by atoms with Crippen molar-refractivity contribution in [2.24, 2.45) is 0 Å². The Balaban J connectivity index is 1.43. The number of nitriles is 1. The number of halogens is 2. The van der Waals surface area contributed by atoms with E-state index in [-0.39, 0.29) is 18.2 Å². The topological polar surface area (TPSA) is 87.0 Å². The third-order valence-electron chi connectivity index (χ3n) is 4.34. The molecule has 1 aromatic carbocycles. The Hall–Kier alpha value is -2.49. The summed E-state index contributed by atoms with van der Waals surface area (Å²) in [6.45, 7) is 0. The Morgan fingerprint density at radius 1 is 1.15 bits per heavy atom. The van der Waals surface area contributed by atoms with E-state index in [1.54, 1.807) is 30.3 Å². The summed E-state index contributed by atoms with van der Waals surface area (Å²) in [6.07, 6.45) is 4.82. The molecule has 3 rings (SSSR count). The Labute approximate surface area is 167 Å². The summed E-state index contributed by atoms with van der Waals surface area (Å²) in [5.41, 5.74) is 1.09. The molecule has 2 amide bonds. The highest BCUT2D eigenvalue weighted by Crippen LogP contribution is 2.26. The van der Waals surface area contributed by atoms with Crippen LogP contribution in [0.3, 0.4) is 0 Å². The maximum atomic E-state index is 12.1. The lowest BCUT2D eigenvalue weighted by Crippen LogP contribution is -2.41. The predicted molar refractivity (Wildman–Crippen MR) is 104 cm³/mol. The maximum absolute atomic E-state index is 12.1. The highest BCUT2D eigenvalue weighted by atomic mass is 35.5. The molecule has 140 valence electrons. The lowest BCUT2D eigenvalue weighted by molar-refractivity contribution is 0.135. The molecule has 0 saturated heterocycles. The Morgan fingerprint density at radius 2 is 1.93 bits per heavy atom. The van der Waals surface area contributed by atoms with E-state index in [2.05, 4.69) is 15.6 Å². The number of ether oxygens (including phenoxy) is 1. The summed E-state index contributed by atoms with van der Waals surface area (Å²) in [6, 6.07) is 10.2. The van der Waals surface area contributed by atoms with Gasteiger partial charge in [0.25, 0.3) is 0 Å². The number of pyridine rings is 1. The molecule has 1 aliphatic carbocycles. The van der Waals surface area contributed by atoms with Gasteiger partial charge in [-0.3, -0.25) is 0 Å². The SMILES string of the molecule is N#Cc1ccc(OC2CCC(NC(=O)Nc3ccc(Cl)c(Cl)c3)CC2)nc1. The van der Waals surface area contributed by atoms with Gasteiger partial charge in [0.05, 0.1) is 15.6 Å². The van der Waals surface area contributed by atoms with Crippen LogP contribution in [0.2, 0.25) is 10.0 Å². The largest absolute Gasteiger partial charge is 0.474 e. The molecule has 2 N–H and O–H groups in total. The van der Waals surface area contributed by atoms with Gasteiger partial charge in [0.15, 0.2) is 0 Å². The molecule has 1 fully saturated rings. The maximum Gasteiger partial charge on any atom is 0.319 e. The van der Waals surface area contributed by atoms with Gasteiger partial charge in [-0.25, -0.2) is 9.78 Å². The average molecular weight is 405 g/mol. The number of nitrogens with one attached hydrogen (secondary N) is 2. The number of nitrogens with zero attached hydrogens (tertiary/aromatic N) is 2. The highest BCUT2D eigenvalue weighted by molar-refractivity contribution is 6.42. The summed E-state index contributed by atoms with van der Waals surface area (Å²) in [5, 5.41) is 15.3. The smallest absolute Gasteiger partial charge is 0.319 e. The minimum atomic E-state index is -0.272. The second-order valence-electron chi connectivity index (χ2n) is 6.32. The number of amides is 2. The summed E-state index contributed by atoms with van der Waals surface area (Å²) in [5.74, 6) is 0.516. The molecule has 8 heteroatoms. The zero-order valence-electron chi connectivity index (χ0n) is 14.4. The van der Waals surface area contributed by atoms with Crippen LogP contribution in [-0.4, -0.2) is 23.2 Å². The number of hydrogen-bond donors (Lipinski definition) is 2. The number of carbonyl (C=O) groups is 1. The lowest BCUT2D eigenvalue weighted by atomic mass is 9.93. The monoisotopic (exact) mass is 404 g/mol. The lowest BCUT2D eigenvalue weighted by Gasteiger charge is -2.29. The Morgan fingerprint density at radius 3 is 2.56 bits per heavy atom. The third kappa shape index (κ3) is 5.49. The van der Waals surface area contributed by atoms with Crippen molar-refractivity contribution in [1.29, 1.82) is 5.26 Å². The van der Waals surface area contributed by atoms with Crippen molar-refractivity contribution in [2.75, 3.05) is 5.32 Å². The standard InChI is InChI=1S/C19H18Cl2N4O2/c20-16-7-4-14(9-17(16)21)25-19(26)24-13-2-5-15(6-3-13)27-18-8-1-12(10-22)11-23-18/h1,4,7-9,11,13,15H,2-3,5-6H2,(H2,24,25,26). The summed E-state index contributed by atoms with van der Waals surface area (Å²) in [7, 11) is 0. The van der Waals surface area contributed by atoms with Gasteiger partial charge in [0.2, 0.25) is 5.88 Å². The normalized spacial score (nSPS) is 19.0. The predicted octanol–water partition coefficient (Wildman–Crippen LogP) is 4.77. The zero-order chi connectivity index (χ0) is 19.2. The molecule has 2 aromatic rings. The quantitative estimate of drug-likeness (QED) is 0.767. The number of aromatic nitrogens is 1. The van der Waals surface area contributed by atoms with E-state index in [1.807, 2.05) is 6.07 Å². The molecule has 0 unspecified atom stereocenters. The van der Waals surface area contributed by atoms with Crippen LogP contribution < -0.4 is 15.4 Å². The van der Waals surface area contributed by atoms with Crippen molar-refractivity contribution < 1.29 is 9.53 Å². The first-order valence-corrected chi connectivity index (χ1v) is 9.34. The molecule has 0 radical (unpaired) electrons. The van der Waals surface area contributed by atoms with Crippen LogP contribution in [-0.2, 0) is 0 Å². The van der Waals surface area contributed by atoms with Crippen molar-refractivity contribution in [3.05, 3.63) is 52.1 Å². The molecule has 1 heterocycles. The Bertz CT molecular complexity index is 844. The zero-order valence-corrected chi connectivity index (χ0v) is 15.9. The fourth-order valence-electron chi connectivity index (χ4n) is 2.94. The Kier molecular flexibility index (Phi) is 6.38. The van der Waals surface area contributed by atoms with Gasteiger partial charge in [-0.05, 0) is 49.9 Å². The first kappa shape index (κ1) is 19.3. The molecule has 0 spiro atoms. The van der Waals surface area contributed by atoms with Gasteiger partial charge in [0, 0.05) is 24.0 Å².